The minimum absolute atomic E-state index is 0.0704. The summed E-state index contributed by atoms with van der Waals surface area (Å²) in [5.74, 6) is 2.34. The Balaban J connectivity index is 2.15. The third kappa shape index (κ3) is 5.96. The van der Waals surface area contributed by atoms with Crippen molar-refractivity contribution in [2.75, 3.05) is 5.32 Å². The van der Waals surface area contributed by atoms with Crippen LogP contribution in [-0.2, 0) is 16.1 Å². The van der Waals surface area contributed by atoms with Gasteiger partial charge in [-0.2, -0.15) is 0 Å². The molecule has 0 bridgehead atoms. The molecule has 1 N–H and O–H groups in total. The van der Waals surface area contributed by atoms with Crippen LogP contribution in [0, 0.1) is 5.82 Å². The number of ether oxygens (including phenoxy) is 1. The number of nitrogens with one attached hydrogen (secondary N) is 1. The Morgan fingerprint density at radius 2 is 1.88 bits per heavy atom. The molecule has 1 amide bonds. The van der Waals surface area contributed by atoms with Gasteiger partial charge in [-0.3, -0.25) is 5.32 Å². The van der Waals surface area contributed by atoms with Crippen LogP contribution in [0.2, 0.25) is 0 Å². The molecule has 0 unspecified atom stereocenters. The largest absolute Gasteiger partial charge is 0.444 e. The highest BCUT2D eigenvalue weighted by molar-refractivity contribution is 5.87. The van der Waals surface area contributed by atoms with Crippen molar-refractivity contribution in [2.24, 2.45) is 0 Å². The Labute approximate surface area is 193 Å². The second kappa shape index (κ2) is 9.84. The van der Waals surface area contributed by atoms with E-state index in [1.807, 2.05) is 42.6 Å². The number of nitrogens with zero attached hydrogens (tertiary/aromatic N) is 2. The van der Waals surface area contributed by atoms with Crippen LogP contribution in [0.15, 0.2) is 54.6 Å². The highest BCUT2D eigenvalue weighted by Gasteiger charge is 2.22. The summed E-state index contributed by atoms with van der Waals surface area (Å²) in [6, 6.07) is 13.4. The minimum Gasteiger partial charge on any atom is -0.444 e. The van der Waals surface area contributed by atoms with Crippen LogP contribution in [-0.4, -0.2) is 27.2 Å². The molecular formula is C26H28FN3O3. The van der Waals surface area contributed by atoms with Gasteiger partial charge in [0.05, 0.1) is 17.9 Å². The number of carbonyl (C=O) groups is 1. The standard InChI is InChI=1S/C26H28FN3O3/c1-17(2)24-29-22(18-10-12-20(27)13-11-18)23(30(24)14-7-15-31)19-8-6-9-21(16-19)28-25(32)33-26(3,4)5/h6-13,16-17H,14H2,1-5H3,(H,28,32). The van der Waals surface area contributed by atoms with Crippen LogP contribution in [0.3, 0.4) is 0 Å². The SMILES string of the molecule is CC(C)c1nc(-c2ccc(F)cc2)c(-c2cccc(NC(=O)OC(C)(C)C)c2)n1CC=C=O. The number of rotatable bonds is 6. The number of allylic oxidation sites excluding steroid dienone is 1. The molecule has 0 aliphatic carbocycles. The fourth-order valence-corrected chi connectivity index (χ4v) is 3.49. The number of hydrogen-bond acceptors (Lipinski definition) is 4. The monoisotopic (exact) mass is 449 g/mol. The molecule has 7 heteroatoms. The smallest absolute Gasteiger partial charge is 0.412 e. The first-order chi connectivity index (χ1) is 15.6. The Morgan fingerprint density at radius 1 is 1.18 bits per heavy atom. The molecule has 3 aromatic rings. The van der Waals surface area contributed by atoms with Crippen molar-refractivity contribution < 1.29 is 18.7 Å². The second-order valence-electron chi connectivity index (χ2n) is 8.97. The van der Waals surface area contributed by atoms with Gasteiger partial charge in [0.2, 0.25) is 0 Å². The molecular weight excluding hydrogens is 421 g/mol. The summed E-state index contributed by atoms with van der Waals surface area (Å²) in [6.07, 6.45) is 0.840. The van der Waals surface area contributed by atoms with Gasteiger partial charge in [-0.05, 0) is 57.2 Å². The first-order valence-corrected chi connectivity index (χ1v) is 10.7. The van der Waals surface area contributed by atoms with Gasteiger partial charge in [0.25, 0.3) is 0 Å². The van der Waals surface area contributed by atoms with E-state index in [0.717, 1.165) is 22.6 Å². The zero-order chi connectivity index (χ0) is 24.2. The number of aromatic nitrogens is 2. The Kier molecular flexibility index (Phi) is 7.14. The zero-order valence-corrected chi connectivity index (χ0v) is 19.5. The molecule has 0 aliphatic rings. The number of amides is 1. The van der Waals surface area contributed by atoms with Crippen molar-refractivity contribution >= 4 is 17.7 Å². The van der Waals surface area contributed by atoms with E-state index in [-0.39, 0.29) is 18.3 Å². The number of anilines is 1. The molecule has 0 spiro atoms. The molecule has 0 fully saturated rings. The molecule has 0 saturated heterocycles. The predicted octanol–water partition coefficient (Wildman–Crippen LogP) is 6.21. The number of carbonyl (C=O) groups excluding carboxylic acids is 2. The fourth-order valence-electron chi connectivity index (χ4n) is 3.49. The number of benzene rings is 2. The van der Waals surface area contributed by atoms with Crippen molar-refractivity contribution in [3.8, 4) is 22.5 Å². The summed E-state index contributed by atoms with van der Waals surface area (Å²) >= 11 is 0. The van der Waals surface area contributed by atoms with E-state index < -0.39 is 11.7 Å². The molecule has 3 rings (SSSR count). The quantitative estimate of drug-likeness (QED) is 0.454. The van der Waals surface area contributed by atoms with E-state index in [9.17, 15) is 14.0 Å². The van der Waals surface area contributed by atoms with E-state index in [1.54, 1.807) is 39.0 Å². The lowest BCUT2D eigenvalue weighted by atomic mass is 10.0. The third-order valence-electron chi connectivity index (χ3n) is 4.77. The van der Waals surface area contributed by atoms with Crippen LogP contribution in [0.5, 0.6) is 0 Å². The first-order valence-electron chi connectivity index (χ1n) is 10.7. The highest BCUT2D eigenvalue weighted by Crippen LogP contribution is 2.36. The van der Waals surface area contributed by atoms with Gasteiger partial charge in [0, 0.05) is 28.8 Å². The summed E-state index contributed by atoms with van der Waals surface area (Å²) in [4.78, 5) is 28.1. The van der Waals surface area contributed by atoms with Crippen molar-refractivity contribution in [1.82, 2.24) is 9.55 Å². The molecule has 1 aromatic heterocycles. The summed E-state index contributed by atoms with van der Waals surface area (Å²) in [5.41, 5.74) is 2.87. The Bertz CT molecular complexity index is 1180. The van der Waals surface area contributed by atoms with Crippen LogP contribution < -0.4 is 5.32 Å². The van der Waals surface area contributed by atoms with Gasteiger partial charge in [0.15, 0.2) is 0 Å². The molecule has 172 valence electrons. The molecule has 0 saturated carbocycles. The van der Waals surface area contributed by atoms with Crippen molar-refractivity contribution in [3.05, 3.63) is 66.2 Å². The second-order valence-corrected chi connectivity index (χ2v) is 8.97. The fraction of sp³-hybridized carbons (Fsp3) is 0.308. The maximum absolute atomic E-state index is 13.6. The van der Waals surface area contributed by atoms with E-state index in [0.29, 0.717) is 11.4 Å². The van der Waals surface area contributed by atoms with Crippen LogP contribution in [0.25, 0.3) is 22.5 Å². The summed E-state index contributed by atoms with van der Waals surface area (Å²) in [7, 11) is 0. The van der Waals surface area contributed by atoms with Gasteiger partial charge in [-0.15, -0.1) is 0 Å². The van der Waals surface area contributed by atoms with Gasteiger partial charge < -0.3 is 9.30 Å². The summed E-state index contributed by atoms with van der Waals surface area (Å²) in [5, 5.41) is 2.76. The number of imidazole rings is 1. The Morgan fingerprint density at radius 3 is 2.48 bits per heavy atom. The molecule has 33 heavy (non-hydrogen) atoms. The van der Waals surface area contributed by atoms with Crippen molar-refractivity contribution in [3.63, 3.8) is 0 Å². The number of hydrogen-bond donors (Lipinski definition) is 1. The topological polar surface area (TPSA) is 73.2 Å². The van der Waals surface area contributed by atoms with E-state index in [4.69, 9.17) is 9.72 Å². The van der Waals surface area contributed by atoms with Crippen LogP contribution in [0.1, 0.15) is 46.4 Å². The van der Waals surface area contributed by atoms with Gasteiger partial charge in [-0.25, -0.2) is 19.0 Å². The van der Waals surface area contributed by atoms with Gasteiger partial charge in [-0.1, -0.05) is 26.0 Å². The van der Waals surface area contributed by atoms with Crippen LogP contribution >= 0.6 is 0 Å². The molecule has 0 atom stereocenters. The van der Waals surface area contributed by atoms with Gasteiger partial charge >= 0.3 is 6.09 Å². The van der Waals surface area contributed by atoms with Crippen molar-refractivity contribution in [2.45, 2.75) is 52.7 Å². The average molecular weight is 450 g/mol. The maximum Gasteiger partial charge on any atom is 0.412 e. The highest BCUT2D eigenvalue weighted by atomic mass is 19.1. The maximum atomic E-state index is 13.6. The van der Waals surface area contributed by atoms with E-state index in [2.05, 4.69) is 5.32 Å². The predicted molar refractivity (Wildman–Crippen MR) is 127 cm³/mol. The molecule has 0 radical (unpaired) electrons. The minimum atomic E-state index is -0.622. The zero-order valence-electron chi connectivity index (χ0n) is 19.5. The van der Waals surface area contributed by atoms with Crippen molar-refractivity contribution in [1.29, 1.82) is 0 Å². The van der Waals surface area contributed by atoms with E-state index >= 15 is 0 Å². The molecule has 6 nitrogen and oxygen atoms in total. The third-order valence-corrected chi connectivity index (χ3v) is 4.77. The Hall–Kier alpha value is -3.70. The normalized spacial score (nSPS) is 11.2. The lowest BCUT2D eigenvalue weighted by Gasteiger charge is -2.20. The van der Waals surface area contributed by atoms with Crippen LogP contribution in [0.4, 0.5) is 14.9 Å². The van der Waals surface area contributed by atoms with Gasteiger partial charge in [0.1, 0.15) is 23.2 Å². The molecule has 2 aromatic carbocycles. The average Bonchev–Trinajstić information content (AvgIpc) is 3.11. The summed E-state index contributed by atoms with van der Waals surface area (Å²) < 4.78 is 20.9. The molecule has 0 aliphatic heterocycles. The number of halogens is 1. The lowest BCUT2D eigenvalue weighted by molar-refractivity contribution is 0.0636. The van der Waals surface area contributed by atoms with E-state index in [1.165, 1.54) is 18.2 Å². The first kappa shape index (κ1) is 24.0. The summed E-state index contributed by atoms with van der Waals surface area (Å²) in [6.45, 7) is 9.70. The molecule has 1 heterocycles. The lowest BCUT2D eigenvalue weighted by Crippen LogP contribution is -2.27.